The second kappa shape index (κ2) is 12.3. The minimum atomic E-state index is 0.411. The number of aromatic nitrogens is 6. The van der Waals surface area contributed by atoms with Crippen LogP contribution >= 0.6 is 0 Å². The summed E-state index contributed by atoms with van der Waals surface area (Å²) in [6.45, 7) is 0. The maximum Gasteiger partial charge on any atom is 0.201 e. The summed E-state index contributed by atoms with van der Waals surface area (Å²) in [6.07, 6.45) is 0. The molecule has 6 nitrogen and oxygen atoms in total. The molecule has 0 aliphatic rings. The summed E-state index contributed by atoms with van der Waals surface area (Å²) in [5, 5.41) is 7.99. The Bertz CT molecular complexity index is 3500. The first-order chi connectivity index (χ1) is 28.3. The third-order valence-corrected chi connectivity index (χ3v) is 11.2. The standard InChI is InChI=1S/C51H30N6/c1-3-13-31(14-4-1)32-25-27-35(28-26-32)48-54-49(56-51(55-48)50-52-41-22-9-7-19-38(41)46(53-50)34-15-5-2-6-16-34)40-30-29-33-17-11-24-43-44(33)45(40)39-21-12-20-37-36-18-8-10-23-42(36)57(43)47(37)39/h1-30H. The van der Waals surface area contributed by atoms with Crippen LogP contribution in [0, 0.1) is 0 Å². The number of nitrogens with zero attached hydrogens (tertiary/aromatic N) is 6. The van der Waals surface area contributed by atoms with Crippen molar-refractivity contribution in [1.82, 2.24) is 29.3 Å². The number of fused-ring (bicyclic) bond motifs is 6. The first-order valence-electron chi connectivity index (χ1n) is 19.1. The fraction of sp³-hybridized carbons (Fsp3) is 0. The highest BCUT2D eigenvalue weighted by molar-refractivity contribution is 6.29. The Balaban J connectivity index is 1.16. The molecule has 0 amide bonds. The largest absolute Gasteiger partial charge is 0.308 e. The van der Waals surface area contributed by atoms with Gasteiger partial charge in [-0.3, -0.25) is 0 Å². The molecule has 0 unspecified atom stereocenters. The average Bonchev–Trinajstić information content (AvgIpc) is 3.63. The van der Waals surface area contributed by atoms with E-state index in [1.807, 2.05) is 42.5 Å². The van der Waals surface area contributed by atoms with Gasteiger partial charge in [0.25, 0.3) is 0 Å². The Kier molecular flexibility index (Phi) is 6.83. The predicted octanol–water partition coefficient (Wildman–Crippen LogP) is 12.5. The van der Waals surface area contributed by atoms with E-state index in [1.165, 1.54) is 27.2 Å². The van der Waals surface area contributed by atoms with E-state index in [9.17, 15) is 0 Å². The molecule has 264 valence electrons. The molecule has 0 radical (unpaired) electrons. The van der Waals surface area contributed by atoms with Gasteiger partial charge in [-0.05, 0) is 40.8 Å². The number of benzene rings is 8. The zero-order valence-corrected chi connectivity index (χ0v) is 30.5. The van der Waals surface area contributed by atoms with Crippen LogP contribution in [0.1, 0.15) is 0 Å². The molecular formula is C51H30N6. The van der Waals surface area contributed by atoms with E-state index in [0.717, 1.165) is 66.1 Å². The number of pyridine rings is 1. The summed E-state index contributed by atoms with van der Waals surface area (Å²) in [4.78, 5) is 26.0. The van der Waals surface area contributed by atoms with Gasteiger partial charge in [-0.25, -0.2) is 24.9 Å². The molecule has 0 aliphatic carbocycles. The minimum absolute atomic E-state index is 0.411. The molecule has 0 spiro atoms. The van der Waals surface area contributed by atoms with Gasteiger partial charge in [0.2, 0.25) is 5.82 Å². The minimum Gasteiger partial charge on any atom is -0.308 e. The quantitative estimate of drug-likeness (QED) is 0.130. The first kappa shape index (κ1) is 31.5. The van der Waals surface area contributed by atoms with E-state index in [0.29, 0.717) is 23.3 Å². The van der Waals surface area contributed by atoms with Crippen molar-refractivity contribution in [3.63, 3.8) is 0 Å². The molecule has 12 rings (SSSR count). The fourth-order valence-electron chi connectivity index (χ4n) is 8.64. The molecule has 57 heavy (non-hydrogen) atoms. The summed E-state index contributed by atoms with van der Waals surface area (Å²) < 4.78 is 2.42. The van der Waals surface area contributed by atoms with Gasteiger partial charge in [0, 0.05) is 49.0 Å². The van der Waals surface area contributed by atoms with Crippen LogP contribution < -0.4 is 0 Å². The highest BCUT2D eigenvalue weighted by Crippen LogP contribution is 2.44. The Labute approximate surface area is 326 Å². The van der Waals surface area contributed by atoms with Crippen molar-refractivity contribution in [3.8, 4) is 56.8 Å². The summed E-state index contributed by atoms with van der Waals surface area (Å²) in [7, 11) is 0. The number of rotatable bonds is 5. The number of para-hydroxylation sites is 3. The molecule has 0 saturated heterocycles. The van der Waals surface area contributed by atoms with Crippen molar-refractivity contribution in [2.45, 2.75) is 0 Å². The lowest BCUT2D eigenvalue weighted by molar-refractivity contribution is 1.04. The van der Waals surface area contributed by atoms with Gasteiger partial charge in [0.05, 0.1) is 27.8 Å². The van der Waals surface area contributed by atoms with E-state index < -0.39 is 0 Å². The van der Waals surface area contributed by atoms with Gasteiger partial charge in [0.15, 0.2) is 17.5 Å². The normalized spacial score (nSPS) is 11.9. The summed E-state index contributed by atoms with van der Waals surface area (Å²) in [5.41, 5.74) is 10.2. The second-order valence-electron chi connectivity index (χ2n) is 14.4. The Morgan fingerprint density at radius 2 is 0.912 bits per heavy atom. The van der Waals surface area contributed by atoms with E-state index in [-0.39, 0.29) is 0 Å². The van der Waals surface area contributed by atoms with Crippen molar-refractivity contribution in [2.24, 2.45) is 0 Å². The summed E-state index contributed by atoms with van der Waals surface area (Å²) in [5.74, 6) is 1.97. The van der Waals surface area contributed by atoms with Gasteiger partial charge < -0.3 is 4.40 Å². The SMILES string of the molecule is c1ccc(-c2ccc(-c3nc(-c4nc(-c5ccccc5)c5ccccc5n4)nc(-c4ccc5cccc6c5c4c4cccc5c7ccccc7n6c54)n3)cc2)cc1. The molecule has 0 aliphatic heterocycles. The molecule has 0 saturated carbocycles. The zero-order chi connectivity index (χ0) is 37.5. The number of hydrogen-bond acceptors (Lipinski definition) is 5. The van der Waals surface area contributed by atoms with E-state index in [1.54, 1.807) is 0 Å². The molecule has 0 fully saturated rings. The molecular weight excluding hydrogens is 697 g/mol. The molecule has 0 bridgehead atoms. The fourth-order valence-corrected chi connectivity index (χ4v) is 8.64. The van der Waals surface area contributed by atoms with Crippen LogP contribution in [0.5, 0.6) is 0 Å². The van der Waals surface area contributed by atoms with Crippen LogP contribution in [0.25, 0.3) is 117 Å². The van der Waals surface area contributed by atoms with Crippen molar-refractivity contribution in [1.29, 1.82) is 0 Å². The number of hydrogen-bond donors (Lipinski definition) is 0. The van der Waals surface area contributed by atoms with Crippen molar-refractivity contribution in [3.05, 3.63) is 182 Å². The zero-order valence-electron chi connectivity index (χ0n) is 30.5. The monoisotopic (exact) mass is 726 g/mol. The third kappa shape index (κ3) is 4.87. The predicted molar refractivity (Wildman–Crippen MR) is 232 cm³/mol. The average molecular weight is 727 g/mol. The summed E-state index contributed by atoms with van der Waals surface area (Å²) in [6, 6.07) is 63.4. The molecule has 6 heteroatoms. The molecule has 0 atom stereocenters. The van der Waals surface area contributed by atoms with Crippen LogP contribution in [0.2, 0.25) is 0 Å². The van der Waals surface area contributed by atoms with Crippen LogP contribution in [-0.4, -0.2) is 29.3 Å². The van der Waals surface area contributed by atoms with Crippen molar-refractivity contribution >= 4 is 59.8 Å². The van der Waals surface area contributed by atoms with E-state index in [4.69, 9.17) is 24.9 Å². The maximum absolute atomic E-state index is 5.29. The van der Waals surface area contributed by atoms with E-state index >= 15 is 0 Å². The topological polar surface area (TPSA) is 68.9 Å². The van der Waals surface area contributed by atoms with E-state index in [2.05, 4.69) is 144 Å². The van der Waals surface area contributed by atoms with Crippen LogP contribution in [-0.2, 0) is 0 Å². The molecule has 4 heterocycles. The van der Waals surface area contributed by atoms with Crippen LogP contribution in [0.3, 0.4) is 0 Å². The van der Waals surface area contributed by atoms with Crippen molar-refractivity contribution in [2.75, 3.05) is 0 Å². The van der Waals surface area contributed by atoms with Gasteiger partial charge in [-0.15, -0.1) is 0 Å². The Morgan fingerprint density at radius 1 is 0.316 bits per heavy atom. The Hall–Kier alpha value is -7.83. The lowest BCUT2D eigenvalue weighted by Gasteiger charge is -2.16. The van der Waals surface area contributed by atoms with Gasteiger partial charge in [-0.2, -0.15) is 0 Å². The van der Waals surface area contributed by atoms with Crippen LogP contribution in [0.4, 0.5) is 0 Å². The van der Waals surface area contributed by atoms with Gasteiger partial charge in [-0.1, -0.05) is 158 Å². The second-order valence-corrected chi connectivity index (χ2v) is 14.4. The third-order valence-electron chi connectivity index (χ3n) is 11.2. The summed E-state index contributed by atoms with van der Waals surface area (Å²) >= 11 is 0. The smallest absolute Gasteiger partial charge is 0.201 e. The first-order valence-corrected chi connectivity index (χ1v) is 19.1. The molecule has 0 N–H and O–H groups in total. The lowest BCUT2D eigenvalue weighted by Crippen LogP contribution is -2.04. The van der Waals surface area contributed by atoms with Gasteiger partial charge in [0.1, 0.15) is 0 Å². The van der Waals surface area contributed by atoms with Crippen LogP contribution in [0.15, 0.2) is 182 Å². The lowest BCUT2D eigenvalue weighted by atomic mass is 9.95. The highest BCUT2D eigenvalue weighted by Gasteiger charge is 2.23. The molecule has 12 aromatic rings. The Morgan fingerprint density at radius 3 is 1.75 bits per heavy atom. The van der Waals surface area contributed by atoms with Crippen molar-refractivity contribution < 1.29 is 0 Å². The highest BCUT2D eigenvalue weighted by atomic mass is 15.1. The molecule has 4 aromatic heterocycles. The maximum atomic E-state index is 5.29. The van der Waals surface area contributed by atoms with Gasteiger partial charge >= 0.3 is 0 Å². The molecule has 8 aromatic carbocycles.